The summed E-state index contributed by atoms with van der Waals surface area (Å²) in [5, 5.41) is 0. The van der Waals surface area contributed by atoms with Crippen molar-refractivity contribution in [1.29, 1.82) is 0 Å². The van der Waals surface area contributed by atoms with Crippen LogP contribution < -0.4 is 10.6 Å². The molecular weight excluding hydrogens is 248 g/mol. The summed E-state index contributed by atoms with van der Waals surface area (Å²) >= 11 is 3.27. The first-order valence-electron chi connectivity index (χ1n) is 3.85. The molecule has 1 rings (SSSR count). The van der Waals surface area contributed by atoms with Gasteiger partial charge in [0.05, 0.1) is 0 Å². The lowest BCUT2D eigenvalue weighted by Gasteiger charge is -2.14. The molecule has 0 fully saturated rings. The van der Waals surface area contributed by atoms with Crippen molar-refractivity contribution in [2.75, 3.05) is 11.9 Å². The third-order valence-corrected chi connectivity index (χ3v) is 2.26. The van der Waals surface area contributed by atoms with Gasteiger partial charge in [-0.3, -0.25) is 9.59 Å². The molecule has 4 nitrogen and oxygen atoms in total. The molecule has 0 spiro atoms. The number of hydrogen-bond acceptors (Lipinski definition) is 2. The van der Waals surface area contributed by atoms with Crippen LogP contribution in [0.2, 0.25) is 0 Å². The fourth-order valence-electron chi connectivity index (χ4n) is 0.947. The standard InChI is InChI=1S/C9H9BrN2O2/c1-12(9(14)8(11)13)7-4-2-6(10)3-5-7/h2-5H,1H3,(H2,11,13). The predicted molar refractivity (Wildman–Crippen MR) is 56.7 cm³/mol. The summed E-state index contributed by atoms with van der Waals surface area (Å²) in [5.74, 6) is -1.69. The molecule has 5 heteroatoms. The van der Waals surface area contributed by atoms with E-state index < -0.39 is 11.8 Å². The Bertz CT molecular complexity index is 362. The Hall–Kier alpha value is -1.36. The topological polar surface area (TPSA) is 63.4 Å². The molecule has 0 bridgehead atoms. The molecule has 0 aliphatic rings. The number of rotatable bonds is 1. The van der Waals surface area contributed by atoms with E-state index in [1.54, 1.807) is 24.3 Å². The summed E-state index contributed by atoms with van der Waals surface area (Å²) in [6.07, 6.45) is 0. The number of nitrogens with zero attached hydrogens (tertiary/aromatic N) is 1. The van der Waals surface area contributed by atoms with E-state index in [2.05, 4.69) is 15.9 Å². The zero-order chi connectivity index (χ0) is 10.7. The lowest BCUT2D eigenvalue weighted by Crippen LogP contribution is -2.37. The Kier molecular flexibility index (Phi) is 3.24. The SMILES string of the molecule is CN(C(=O)C(N)=O)c1ccc(Br)cc1. The van der Waals surface area contributed by atoms with Crippen LogP contribution in [-0.2, 0) is 9.59 Å². The normalized spacial score (nSPS) is 9.57. The lowest BCUT2D eigenvalue weighted by molar-refractivity contribution is -0.135. The van der Waals surface area contributed by atoms with Crippen LogP contribution in [0.1, 0.15) is 0 Å². The second kappa shape index (κ2) is 4.23. The largest absolute Gasteiger partial charge is 0.361 e. The Morgan fingerprint density at radius 1 is 1.29 bits per heavy atom. The number of carbonyl (C=O) groups is 2. The van der Waals surface area contributed by atoms with Gasteiger partial charge < -0.3 is 10.6 Å². The number of primary amides is 1. The molecule has 2 amide bonds. The summed E-state index contributed by atoms with van der Waals surface area (Å²) < 4.78 is 0.904. The van der Waals surface area contributed by atoms with Crippen molar-refractivity contribution in [3.8, 4) is 0 Å². The van der Waals surface area contributed by atoms with E-state index in [0.29, 0.717) is 5.69 Å². The molecule has 0 saturated carbocycles. The van der Waals surface area contributed by atoms with Crippen LogP contribution in [0.15, 0.2) is 28.7 Å². The highest BCUT2D eigenvalue weighted by molar-refractivity contribution is 9.10. The molecule has 0 atom stereocenters. The number of carbonyl (C=O) groups excluding carboxylic acids is 2. The predicted octanol–water partition coefficient (Wildman–Crippen LogP) is 0.897. The number of nitrogens with two attached hydrogens (primary N) is 1. The lowest BCUT2D eigenvalue weighted by atomic mass is 10.3. The number of halogens is 1. The highest BCUT2D eigenvalue weighted by Crippen LogP contribution is 2.17. The van der Waals surface area contributed by atoms with Crippen LogP contribution in [-0.4, -0.2) is 18.9 Å². The first kappa shape index (κ1) is 10.7. The number of anilines is 1. The zero-order valence-corrected chi connectivity index (χ0v) is 9.11. The van der Waals surface area contributed by atoms with Gasteiger partial charge in [0, 0.05) is 17.2 Å². The van der Waals surface area contributed by atoms with Crippen LogP contribution in [0, 0.1) is 0 Å². The van der Waals surface area contributed by atoms with Crippen LogP contribution in [0.25, 0.3) is 0 Å². The average molecular weight is 257 g/mol. The van der Waals surface area contributed by atoms with Crippen molar-refractivity contribution in [1.82, 2.24) is 0 Å². The quantitative estimate of drug-likeness (QED) is 0.759. The molecule has 14 heavy (non-hydrogen) atoms. The Morgan fingerprint density at radius 3 is 2.21 bits per heavy atom. The summed E-state index contributed by atoms with van der Waals surface area (Å²) in [6, 6.07) is 6.98. The maximum Gasteiger partial charge on any atom is 0.315 e. The fourth-order valence-corrected chi connectivity index (χ4v) is 1.21. The fraction of sp³-hybridized carbons (Fsp3) is 0.111. The van der Waals surface area contributed by atoms with Crippen LogP contribution in [0.5, 0.6) is 0 Å². The molecule has 0 aliphatic carbocycles. The molecule has 74 valence electrons. The second-order valence-corrected chi connectivity index (χ2v) is 3.62. The molecule has 0 saturated heterocycles. The van der Waals surface area contributed by atoms with Gasteiger partial charge in [-0.15, -0.1) is 0 Å². The third-order valence-electron chi connectivity index (χ3n) is 1.73. The van der Waals surface area contributed by atoms with E-state index >= 15 is 0 Å². The van der Waals surface area contributed by atoms with Gasteiger partial charge in [-0.05, 0) is 24.3 Å². The van der Waals surface area contributed by atoms with Crippen LogP contribution in [0.3, 0.4) is 0 Å². The number of hydrogen-bond donors (Lipinski definition) is 1. The molecular formula is C9H9BrN2O2. The van der Waals surface area contributed by atoms with Gasteiger partial charge in [0.1, 0.15) is 0 Å². The highest BCUT2D eigenvalue weighted by Gasteiger charge is 2.15. The zero-order valence-electron chi connectivity index (χ0n) is 7.53. The molecule has 2 N–H and O–H groups in total. The summed E-state index contributed by atoms with van der Waals surface area (Å²) in [5.41, 5.74) is 5.49. The Labute approximate surface area is 89.8 Å². The van der Waals surface area contributed by atoms with E-state index in [-0.39, 0.29) is 0 Å². The van der Waals surface area contributed by atoms with Crippen molar-refractivity contribution in [2.45, 2.75) is 0 Å². The van der Waals surface area contributed by atoms with Gasteiger partial charge in [0.2, 0.25) is 0 Å². The van der Waals surface area contributed by atoms with Gasteiger partial charge in [-0.2, -0.15) is 0 Å². The van der Waals surface area contributed by atoms with Crippen molar-refractivity contribution < 1.29 is 9.59 Å². The van der Waals surface area contributed by atoms with Gasteiger partial charge in [0.25, 0.3) is 0 Å². The molecule has 0 aliphatic heterocycles. The van der Waals surface area contributed by atoms with Gasteiger partial charge in [-0.1, -0.05) is 15.9 Å². The minimum atomic E-state index is -0.963. The summed E-state index contributed by atoms with van der Waals surface area (Å²) in [6.45, 7) is 0. The van der Waals surface area contributed by atoms with E-state index in [1.165, 1.54) is 11.9 Å². The minimum absolute atomic E-state index is 0.622. The van der Waals surface area contributed by atoms with E-state index in [9.17, 15) is 9.59 Å². The summed E-state index contributed by atoms with van der Waals surface area (Å²) in [7, 11) is 1.50. The van der Waals surface area contributed by atoms with Crippen molar-refractivity contribution in [2.24, 2.45) is 5.73 Å². The van der Waals surface area contributed by atoms with Gasteiger partial charge >= 0.3 is 11.8 Å². The van der Waals surface area contributed by atoms with Gasteiger partial charge in [-0.25, -0.2) is 0 Å². The highest BCUT2D eigenvalue weighted by atomic mass is 79.9. The first-order valence-corrected chi connectivity index (χ1v) is 4.64. The number of likely N-dealkylation sites (N-methyl/N-ethyl adjacent to an activating group) is 1. The number of benzene rings is 1. The average Bonchev–Trinajstić information content (AvgIpc) is 2.16. The maximum absolute atomic E-state index is 11.2. The second-order valence-electron chi connectivity index (χ2n) is 2.70. The van der Waals surface area contributed by atoms with E-state index in [1.807, 2.05) is 0 Å². The minimum Gasteiger partial charge on any atom is -0.361 e. The Balaban J connectivity index is 2.89. The van der Waals surface area contributed by atoms with E-state index in [0.717, 1.165) is 4.47 Å². The molecule has 1 aromatic rings. The number of amides is 2. The van der Waals surface area contributed by atoms with Crippen molar-refractivity contribution in [3.63, 3.8) is 0 Å². The Morgan fingerprint density at radius 2 is 1.79 bits per heavy atom. The van der Waals surface area contributed by atoms with Crippen LogP contribution >= 0.6 is 15.9 Å². The molecule has 0 radical (unpaired) electrons. The van der Waals surface area contributed by atoms with Gasteiger partial charge in [0.15, 0.2) is 0 Å². The van der Waals surface area contributed by atoms with Crippen molar-refractivity contribution >= 4 is 33.4 Å². The third kappa shape index (κ3) is 2.32. The van der Waals surface area contributed by atoms with E-state index in [4.69, 9.17) is 5.73 Å². The molecule has 0 heterocycles. The smallest absolute Gasteiger partial charge is 0.315 e. The first-order chi connectivity index (χ1) is 6.52. The van der Waals surface area contributed by atoms with Crippen LogP contribution in [0.4, 0.5) is 5.69 Å². The summed E-state index contributed by atoms with van der Waals surface area (Å²) in [4.78, 5) is 23.0. The van der Waals surface area contributed by atoms with Crippen molar-refractivity contribution in [3.05, 3.63) is 28.7 Å². The maximum atomic E-state index is 11.2. The molecule has 0 unspecified atom stereocenters. The molecule has 1 aromatic carbocycles. The molecule has 0 aromatic heterocycles. The monoisotopic (exact) mass is 256 g/mol.